The lowest BCUT2D eigenvalue weighted by atomic mass is 10.1. The summed E-state index contributed by atoms with van der Waals surface area (Å²) in [5.74, 6) is 0.347. The van der Waals surface area contributed by atoms with E-state index in [1.165, 1.54) is 0 Å². The molecule has 0 saturated heterocycles. The Morgan fingerprint density at radius 3 is 2.53 bits per heavy atom. The predicted molar refractivity (Wildman–Crippen MR) is 65.5 cm³/mol. The summed E-state index contributed by atoms with van der Waals surface area (Å²) in [5, 5.41) is 0. The van der Waals surface area contributed by atoms with Gasteiger partial charge in [0.15, 0.2) is 6.29 Å². The van der Waals surface area contributed by atoms with Crippen LogP contribution in [0.25, 0.3) is 0 Å². The highest BCUT2D eigenvalue weighted by Gasteiger charge is 2.15. The van der Waals surface area contributed by atoms with Gasteiger partial charge < -0.3 is 9.64 Å². The number of rotatable bonds is 4. The molecule has 4 nitrogen and oxygen atoms in total. The van der Waals surface area contributed by atoms with E-state index in [0.717, 1.165) is 5.56 Å². The van der Waals surface area contributed by atoms with Gasteiger partial charge in [0.2, 0.25) is 0 Å². The minimum absolute atomic E-state index is 0.347. The van der Waals surface area contributed by atoms with Gasteiger partial charge in [0.25, 0.3) is 0 Å². The number of amides is 1. The molecule has 0 N–H and O–H groups in total. The Morgan fingerprint density at radius 2 is 2.00 bits per heavy atom. The molecule has 4 heteroatoms. The molecule has 0 bridgehead atoms. The van der Waals surface area contributed by atoms with Crippen LogP contribution in [0, 0.1) is 6.92 Å². The first-order valence-corrected chi connectivity index (χ1v) is 5.65. The van der Waals surface area contributed by atoms with Gasteiger partial charge in [-0.15, -0.1) is 0 Å². The smallest absolute Gasteiger partial charge is 0.409 e. The highest BCUT2D eigenvalue weighted by atomic mass is 16.6. The Hall–Kier alpha value is -1.84. The number of benzene rings is 1. The SMILES string of the molecule is CCN(CC)C(=O)Oc1c(C)cccc1C=O. The number of hydrogen-bond donors (Lipinski definition) is 0. The average molecular weight is 235 g/mol. The first-order valence-electron chi connectivity index (χ1n) is 5.65. The Balaban J connectivity index is 2.94. The average Bonchev–Trinajstić information content (AvgIpc) is 2.33. The number of carbonyl (C=O) groups is 2. The third-order valence-corrected chi connectivity index (χ3v) is 2.58. The number of ether oxygens (including phenoxy) is 1. The van der Waals surface area contributed by atoms with Gasteiger partial charge in [-0.05, 0) is 32.4 Å². The Kier molecular flexibility index (Phi) is 4.69. The molecule has 92 valence electrons. The second-order valence-electron chi connectivity index (χ2n) is 3.65. The number of aryl methyl sites for hydroxylation is 1. The molecule has 0 unspecified atom stereocenters. The second kappa shape index (κ2) is 6.03. The molecule has 1 rings (SSSR count). The van der Waals surface area contributed by atoms with E-state index in [4.69, 9.17) is 4.74 Å². The van der Waals surface area contributed by atoms with Gasteiger partial charge in [-0.1, -0.05) is 12.1 Å². The lowest BCUT2D eigenvalue weighted by Gasteiger charge is -2.19. The molecule has 1 aromatic carbocycles. The Labute approximate surface area is 101 Å². The van der Waals surface area contributed by atoms with Crippen LogP contribution in [0.2, 0.25) is 0 Å². The van der Waals surface area contributed by atoms with Crippen LogP contribution in [0.5, 0.6) is 5.75 Å². The highest BCUT2D eigenvalue weighted by Crippen LogP contribution is 2.22. The van der Waals surface area contributed by atoms with E-state index in [2.05, 4.69) is 0 Å². The summed E-state index contributed by atoms with van der Waals surface area (Å²) < 4.78 is 5.27. The third kappa shape index (κ3) is 3.06. The molecule has 0 saturated carbocycles. The molecule has 0 atom stereocenters. The molecule has 0 radical (unpaired) electrons. The number of aldehydes is 1. The molecule has 0 aromatic heterocycles. The van der Waals surface area contributed by atoms with E-state index in [1.54, 1.807) is 30.0 Å². The van der Waals surface area contributed by atoms with Crippen LogP contribution in [-0.2, 0) is 0 Å². The lowest BCUT2D eigenvalue weighted by molar-refractivity contribution is 0.111. The van der Waals surface area contributed by atoms with Crippen LogP contribution >= 0.6 is 0 Å². The van der Waals surface area contributed by atoms with Crippen LogP contribution in [0.15, 0.2) is 18.2 Å². The predicted octanol–water partition coefficient (Wildman–Crippen LogP) is 2.65. The standard InChI is InChI=1S/C13H17NO3/c1-4-14(5-2)13(16)17-12-10(3)7-6-8-11(12)9-15/h6-9H,4-5H2,1-3H3. The van der Waals surface area contributed by atoms with Crippen LogP contribution < -0.4 is 4.74 Å². The zero-order valence-electron chi connectivity index (χ0n) is 10.4. The molecule has 0 heterocycles. The van der Waals surface area contributed by atoms with Crippen molar-refractivity contribution in [2.45, 2.75) is 20.8 Å². The van der Waals surface area contributed by atoms with Crippen molar-refractivity contribution in [3.8, 4) is 5.75 Å². The molecular formula is C13H17NO3. The van der Waals surface area contributed by atoms with E-state index in [0.29, 0.717) is 30.7 Å². The van der Waals surface area contributed by atoms with Crippen LogP contribution in [0.1, 0.15) is 29.8 Å². The molecule has 0 aliphatic rings. The summed E-state index contributed by atoms with van der Waals surface area (Å²) in [4.78, 5) is 24.2. The first-order chi connectivity index (χ1) is 8.13. The maximum Gasteiger partial charge on any atom is 0.415 e. The first kappa shape index (κ1) is 13.2. The quantitative estimate of drug-likeness (QED) is 0.754. The maximum absolute atomic E-state index is 11.8. The summed E-state index contributed by atoms with van der Waals surface area (Å²) >= 11 is 0. The largest absolute Gasteiger partial charge is 0.415 e. The second-order valence-corrected chi connectivity index (χ2v) is 3.65. The van der Waals surface area contributed by atoms with Gasteiger partial charge in [-0.3, -0.25) is 4.79 Å². The van der Waals surface area contributed by atoms with Crippen molar-refractivity contribution >= 4 is 12.4 Å². The fraction of sp³-hybridized carbons (Fsp3) is 0.385. The molecule has 0 fully saturated rings. The van der Waals surface area contributed by atoms with Crippen molar-refractivity contribution in [3.05, 3.63) is 29.3 Å². The molecule has 0 spiro atoms. The lowest BCUT2D eigenvalue weighted by Crippen LogP contribution is -2.33. The fourth-order valence-corrected chi connectivity index (χ4v) is 1.54. The van der Waals surface area contributed by atoms with E-state index in [1.807, 2.05) is 13.8 Å². The van der Waals surface area contributed by atoms with E-state index in [-0.39, 0.29) is 0 Å². The van der Waals surface area contributed by atoms with Crippen molar-refractivity contribution in [1.82, 2.24) is 4.90 Å². The summed E-state index contributed by atoms with van der Waals surface area (Å²) in [7, 11) is 0. The minimum atomic E-state index is -0.424. The van der Waals surface area contributed by atoms with Gasteiger partial charge in [0.1, 0.15) is 5.75 Å². The van der Waals surface area contributed by atoms with E-state index >= 15 is 0 Å². The maximum atomic E-state index is 11.8. The normalized spacial score (nSPS) is 9.82. The fourth-order valence-electron chi connectivity index (χ4n) is 1.54. The van der Waals surface area contributed by atoms with Crippen molar-refractivity contribution in [2.75, 3.05) is 13.1 Å². The number of nitrogens with zero attached hydrogens (tertiary/aromatic N) is 1. The highest BCUT2D eigenvalue weighted by molar-refractivity contribution is 5.83. The Bertz CT molecular complexity index is 411. The molecule has 1 amide bonds. The van der Waals surface area contributed by atoms with Crippen LogP contribution in [0.4, 0.5) is 4.79 Å². The van der Waals surface area contributed by atoms with Crippen molar-refractivity contribution in [1.29, 1.82) is 0 Å². The van der Waals surface area contributed by atoms with Gasteiger partial charge in [-0.25, -0.2) is 4.79 Å². The van der Waals surface area contributed by atoms with Gasteiger partial charge in [0, 0.05) is 13.1 Å². The molecule has 0 aliphatic heterocycles. The molecular weight excluding hydrogens is 218 g/mol. The minimum Gasteiger partial charge on any atom is -0.409 e. The van der Waals surface area contributed by atoms with Crippen molar-refractivity contribution in [2.24, 2.45) is 0 Å². The topological polar surface area (TPSA) is 46.6 Å². The zero-order chi connectivity index (χ0) is 12.8. The van der Waals surface area contributed by atoms with Crippen LogP contribution in [-0.4, -0.2) is 30.4 Å². The molecule has 17 heavy (non-hydrogen) atoms. The monoisotopic (exact) mass is 235 g/mol. The summed E-state index contributed by atoms with van der Waals surface area (Å²) in [5.41, 5.74) is 1.17. The Morgan fingerprint density at radius 1 is 1.35 bits per heavy atom. The number of hydrogen-bond acceptors (Lipinski definition) is 3. The van der Waals surface area contributed by atoms with Crippen molar-refractivity contribution < 1.29 is 14.3 Å². The third-order valence-electron chi connectivity index (χ3n) is 2.58. The van der Waals surface area contributed by atoms with Crippen LogP contribution in [0.3, 0.4) is 0 Å². The summed E-state index contributed by atoms with van der Waals surface area (Å²) in [6, 6.07) is 5.19. The summed E-state index contributed by atoms with van der Waals surface area (Å²) in [6.45, 7) is 6.72. The molecule has 0 aliphatic carbocycles. The van der Waals surface area contributed by atoms with E-state index < -0.39 is 6.09 Å². The van der Waals surface area contributed by atoms with Gasteiger partial charge in [-0.2, -0.15) is 0 Å². The van der Waals surface area contributed by atoms with Gasteiger partial charge >= 0.3 is 6.09 Å². The number of carbonyl (C=O) groups excluding carboxylic acids is 2. The molecule has 1 aromatic rings. The summed E-state index contributed by atoms with van der Waals surface area (Å²) in [6.07, 6.45) is 0.269. The van der Waals surface area contributed by atoms with E-state index in [9.17, 15) is 9.59 Å². The van der Waals surface area contributed by atoms with Gasteiger partial charge in [0.05, 0.1) is 5.56 Å². The zero-order valence-corrected chi connectivity index (χ0v) is 10.4. The number of para-hydroxylation sites is 1. The van der Waals surface area contributed by atoms with Crippen molar-refractivity contribution in [3.63, 3.8) is 0 Å².